The Morgan fingerprint density at radius 2 is 0.671 bits per heavy atom. The van der Waals surface area contributed by atoms with Gasteiger partial charge in [-0.3, -0.25) is 9.59 Å². The van der Waals surface area contributed by atoms with Crippen LogP contribution in [-0.2, 0) is 33.3 Å². The number of aliphatic carboxylic acids is 1. The standard InChI is InChI=1S/C67H129NO8/c1-6-8-10-12-14-16-18-20-21-22-23-24-25-26-27-28-29-30-31-32-33-34-35-36-37-38-39-40-41-42-43-44-45-46-48-49-51-53-55-57-64(69)74-61-63(62-75-67(66(71)72)73-60-59-68(3,4)5)76-65(70)58-56-54-52-50-47-19-17-15-13-11-9-7-2/h15,17,63,67H,6-14,16,18-62H2,1-5H3/p+1/b17-15-. The van der Waals surface area contributed by atoms with Gasteiger partial charge in [0.15, 0.2) is 6.10 Å². The number of quaternary nitrogens is 1. The Hall–Kier alpha value is -1.97. The topological polar surface area (TPSA) is 108 Å². The smallest absolute Gasteiger partial charge is 0.361 e. The zero-order valence-electron chi connectivity index (χ0n) is 51.5. The number of carbonyl (C=O) groups excluding carboxylic acids is 2. The molecule has 0 aromatic heterocycles. The third-order valence-corrected chi connectivity index (χ3v) is 15.3. The highest BCUT2D eigenvalue weighted by molar-refractivity contribution is 5.71. The van der Waals surface area contributed by atoms with Gasteiger partial charge >= 0.3 is 17.9 Å². The first kappa shape index (κ1) is 74.0. The van der Waals surface area contributed by atoms with Crippen molar-refractivity contribution in [3.05, 3.63) is 12.2 Å². The van der Waals surface area contributed by atoms with E-state index in [4.69, 9.17) is 18.9 Å². The van der Waals surface area contributed by atoms with Crippen LogP contribution >= 0.6 is 0 Å². The zero-order valence-corrected chi connectivity index (χ0v) is 51.5. The van der Waals surface area contributed by atoms with E-state index in [9.17, 15) is 19.5 Å². The van der Waals surface area contributed by atoms with Crippen molar-refractivity contribution in [2.75, 3.05) is 47.5 Å². The summed E-state index contributed by atoms with van der Waals surface area (Å²) < 4.78 is 22.9. The predicted octanol–water partition coefficient (Wildman–Crippen LogP) is 20.1. The summed E-state index contributed by atoms with van der Waals surface area (Å²) in [6.45, 7) is 4.89. The lowest BCUT2D eigenvalue weighted by atomic mass is 10.0. The van der Waals surface area contributed by atoms with Crippen LogP contribution in [0.4, 0.5) is 0 Å². The Balaban J connectivity index is 3.83. The summed E-state index contributed by atoms with van der Waals surface area (Å²) in [5.41, 5.74) is 0. The number of ether oxygens (including phenoxy) is 4. The van der Waals surface area contributed by atoms with E-state index in [0.29, 0.717) is 23.9 Å². The summed E-state index contributed by atoms with van der Waals surface area (Å²) in [5, 5.41) is 9.69. The predicted molar refractivity (Wildman–Crippen MR) is 323 cm³/mol. The van der Waals surface area contributed by atoms with Gasteiger partial charge in [-0.15, -0.1) is 0 Å². The summed E-state index contributed by atoms with van der Waals surface area (Å²) in [5.74, 6) is -2.00. The number of unbranched alkanes of at least 4 members (excludes halogenated alkanes) is 46. The molecule has 2 unspecified atom stereocenters. The molecule has 2 atom stereocenters. The van der Waals surface area contributed by atoms with Crippen LogP contribution < -0.4 is 0 Å². The number of nitrogens with zero attached hydrogens (tertiary/aromatic N) is 1. The van der Waals surface area contributed by atoms with Crippen molar-refractivity contribution in [2.45, 2.75) is 354 Å². The number of likely N-dealkylation sites (N-methyl/N-ethyl adjacent to an activating group) is 1. The van der Waals surface area contributed by atoms with Crippen LogP contribution in [0.25, 0.3) is 0 Å². The molecule has 9 nitrogen and oxygen atoms in total. The maximum atomic E-state index is 12.8. The van der Waals surface area contributed by atoms with Crippen molar-refractivity contribution in [1.29, 1.82) is 0 Å². The summed E-state index contributed by atoms with van der Waals surface area (Å²) in [6, 6.07) is 0. The van der Waals surface area contributed by atoms with Gasteiger partial charge in [0.05, 0.1) is 34.4 Å². The molecule has 0 aliphatic heterocycles. The van der Waals surface area contributed by atoms with Gasteiger partial charge in [0.1, 0.15) is 13.2 Å². The van der Waals surface area contributed by atoms with Gasteiger partial charge in [-0.2, -0.15) is 0 Å². The second-order valence-electron chi connectivity index (χ2n) is 24.1. The fourth-order valence-corrected chi connectivity index (χ4v) is 10.1. The maximum Gasteiger partial charge on any atom is 0.361 e. The van der Waals surface area contributed by atoms with Gasteiger partial charge in [-0.1, -0.05) is 302 Å². The fourth-order valence-electron chi connectivity index (χ4n) is 10.1. The van der Waals surface area contributed by atoms with Crippen LogP contribution in [0.3, 0.4) is 0 Å². The van der Waals surface area contributed by atoms with Crippen molar-refractivity contribution >= 4 is 17.9 Å². The molecule has 0 rings (SSSR count). The lowest BCUT2D eigenvalue weighted by molar-refractivity contribution is -0.870. The Morgan fingerprint density at radius 1 is 0.382 bits per heavy atom. The molecule has 0 bridgehead atoms. The highest BCUT2D eigenvalue weighted by atomic mass is 16.7. The molecule has 1 N–H and O–H groups in total. The molecule has 0 aliphatic rings. The van der Waals surface area contributed by atoms with Gasteiger partial charge < -0.3 is 28.5 Å². The fraction of sp³-hybridized carbons (Fsp3) is 0.925. The average Bonchev–Trinajstić information content (AvgIpc) is 3.39. The molecule has 0 saturated heterocycles. The van der Waals surface area contributed by atoms with Gasteiger partial charge in [-0.05, 0) is 38.5 Å². The quantitative estimate of drug-likeness (QED) is 0.0211. The van der Waals surface area contributed by atoms with E-state index >= 15 is 0 Å². The molecule has 76 heavy (non-hydrogen) atoms. The minimum Gasteiger partial charge on any atom is -0.477 e. The van der Waals surface area contributed by atoms with Crippen molar-refractivity contribution in [1.82, 2.24) is 0 Å². The van der Waals surface area contributed by atoms with E-state index < -0.39 is 24.3 Å². The molecular weight excluding hydrogens is 947 g/mol. The molecule has 0 heterocycles. The van der Waals surface area contributed by atoms with E-state index in [-0.39, 0.29) is 32.2 Å². The van der Waals surface area contributed by atoms with Gasteiger partial charge in [0, 0.05) is 12.8 Å². The first-order chi connectivity index (χ1) is 37.1. The van der Waals surface area contributed by atoms with Crippen LogP contribution in [0, 0.1) is 0 Å². The van der Waals surface area contributed by atoms with Crippen LogP contribution in [0.1, 0.15) is 341 Å². The summed E-state index contributed by atoms with van der Waals surface area (Å²) in [7, 11) is 5.97. The first-order valence-electron chi connectivity index (χ1n) is 33.4. The number of rotatable bonds is 63. The van der Waals surface area contributed by atoms with Gasteiger partial charge in [0.2, 0.25) is 0 Å². The molecule has 450 valence electrons. The third kappa shape index (κ3) is 59.7. The second kappa shape index (κ2) is 59.2. The number of hydrogen-bond donors (Lipinski definition) is 1. The van der Waals surface area contributed by atoms with E-state index in [2.05, 4.69) is 26.0 Å². The van der Waals surface area contributed by atoms with Crippen molar-refractivity contribution in [3.8, 4) is 0 Å². The number of carboxylic acid groups (broad SMARTS) is 1. The highest BCUT2D eigenvalue weighted by Crippen LogP contribution is 2.19. The molecule has 9 heteroatoms. The number of esters is 2. The Labute approximate surface area is 472 Å². The molecule has 0 aromatic rings. The van der Waals surface area contributed by atoms with E-state index in [1.165, 1.54) is 257 Å². The highest BCUT2D eigenvalue weighted by Gasteiger charge is 2.25. The molecule has 0 fully saturated rings. The lowest BCUT2D eigenvalue weighted by Crippen LogP contribution is -2.40. The summed E-state index contributed by atoms with van der Waals surface area (Å²) in [4.78, 5) is 37.3. The van der Waals surface area contributed by atoms with Gasteiger partial charge in [0.25, 0.3) is 6.29 Å². The first-order valence-corrected chi connectivity index (χ1v) is 33.4. The van der Waals surface area contributed by atoms with Crippen molar-refractivity contribution in [3.63, 3.8) is 0 Å². The Kier molecular flexibility index (Phi) is 57.6. The number of allylic oxidation sites excluding steroid dienone is 2. The van der Waals surface area contributed by atoms with E-state index in [0.717, 1.165) is 51.4 Å². The minimum absolute atomic E-state index is 0.179. The average molecular weight is 1080 g/mol. The minimum atomic E-state index is -1.51. The van der Waals surface area contributed by atoms with Crippen molar-refractivity contribution in [2.24, 2.45) is 0 Å². The number of carbonyl (C=O) groups is 3. The Morgan fingerprint density at radius 3 is 1.00 bits per heavy atom. The normalized spacial score (nSPS) is 12.7. The maximum absolute atomic E-state index is 12.8. The Bertz CT molecular complexity index is 1250. The monoisotopic (exact) mass is 1080 g/mol. The largest absolute Gasteiger partial charge is 0.477 e. The molecule has 0 radical (unpaired) electrons. The van der Waals surface area contributed by atoms with E-state index in [1.54, 1.807) is 0 Å². The van der Waals surface area contributed by atoms with Crippen LogP contribution in [-0.4, -0.2) is 87.4 Å². The van der Waals surface area contributed by atoms with Gasteiger partial charge in [-0.25, -0.2) is 4.79 Å². The SMILES string of the molecule is CCCCC/C=C\CCCCCCCC(=O)OC(COC(=O)CCCCCCCCCCCCCCCCCCCCCCCCCCCCCCCCCCCCCCCCC)COC(OCC[N+](C)(C)C)C(=O)O. The van der Waals surface area contributed by atoms with Crippen LogP contribution in [0.15, 0.2) is 12.2 Å². The third-order valence-electron chi connectivity index (χ3n) is 15.3. The molecule has 0 spiro atoms. The summed E-state index contributed by atoms with van der Waals surface area (Å²) in [6.07, 6.45) is 67.9. The molecular formula is C67H130NO8+. The second-order valence-corrected chi connectivity index (χ2v) is 24.1. The molecule has 0 aromatic carbocycles. The van der Waals surface area contributed by atoms with Crippen molar-refractivity contribution < 1.29 is 42.9 Å². The molecule has 0 saturated carbocycles. The molecule has 0 aliphatic carbocycles. The lowest BCUT2D eigenvalue weighted by Gasteiger charge is -2.25. The van der Waals surface area contributed by atoms with Crippen LogP contribution in [0.5, 0.6) is 0 Å². The summed E-state index contributed by atoms with van der Waals surface area (Å²) >= 11 is 0. The zero-order chi connectivity index (χ0) is 55.5. The number of carboxylic acids is 1. The van der Waals surface area contributed by atoms with Crippen LogP contribution in [0.2, 0.25) is 0 Å². The molecule has 0 amide bonds. The number of hydrogen-bond acceptors (Lipinski definition) is 7. The van der Waals surface area contributed by atoms with E-state index in [1.807, 2.05) is 21.1 Å².